The van der Waals surface area contributed by atoms with Gasteiger partial charge in [0.05, 0.1) is 5.41 Å². The molecule has 1 N–H and O–H groups in total. The molecule has 0 spiro atoms. The Morgan fingerprint density at radius 3 is 2.31 bits per heavy atom. The number of hydrogen-bond acceptors (Lipinski definition) is 2. The van der Waals surface area contributed by atoms with Crippen LogP contribution in [-0.2, 0) is 9.53 Å². The van der Waals surface area contributed by atoms with E-state index in [-0.39, 0.29) is 23.0 Å². The number of hydrogen-bond donors (Lipinski definition) is 1. The Labute approximate surface area is 98.9 Å². The fraction of sp³-hybridized carbons (Fsp3) is 0.923. The Bertz CT molecular complexity index is 275. The van der Waals surface area contributed by atoms with Crippen molar-refractivity contribution in [3.05, 3.63) is 0 Å². The van der Waals surface area contributed by atoms with E-state index in [0.29, 0.717) is 12.5 Å². The monoisotopic (exact) mass is 227 g/mol. The van der Waals surface area contributed by atoms with Crippen molar-refractivity contribution in [1.82, 2.24) is 5.32 Å². The summed E-state index contributed by atoms with van der Waals surface area (Å²) in [5, 5.41) is 2.94. The minimum absolute atomic E-state index is 0.0988. The average Bonchev–Trinajstić information content (AvgIpc) is 2.61. The molecule has 1 amide bonds. The first-order valence-electron chi connectivity index (χ1n) is 6.21. The predicted molar refractivity (Wildman–Crippen MR) is 64.9 cm³/mol. The van der Waals surface area contributed by atoms with E-state index in [0.717, 1.165) is 6.42 Å². The third-order valence-electron chi connectivity index (χ3n) is 4.58. The van der Waals surface area contributed by atoms with Crippen molar-refractivity contribution < 1.29 is 9.53 Å². The van der Waals surface area contributed by atoms with E-state index in [9.17, 15) is 4.79 Å². The highest BCUT2D eigenvalue weighted by Crippen LogP contribution is 2.68. The van der Waals surface area contributed by atoms with Gasteiger partial charge in [-0.2, -0.15) is 0 Å². The number of ether oxygens (including phenoxy) is 1. The molecular formula is C13H25NO2. The fourth-order valence-corrected chi connectivity index (χ4v) is 2.43. The molecular weight excluding hydrogens is 202 g/mol. The van der Waals surface area contributed by atoms with Crippen LogP contribution in [0.1, 0.15) is 48.0 Å². The van der Waals surface area contributed by atoms with E-state index in [1.54, 1.807) is 0 Å². The van der Waals surface area contributed by atoms with Gasteiger partial charge in [0.25, 0.3) is 0 Å². The zero-order valence-corrected chi connectivity index (χ0v) is 11.4. The van der Waals surface area contributed by atoms with Crippen LogP contribution in [0.4, 0.5) is 0 Å². The van der Waals surface area contributed by atoms with Crippen LogP contribution in [0.15, 0.2) is 0 Å². The lowest BCUT2D eigenvalue weighted by molar-refractivity contribution is -0.131. The van der Waals surface area contributed by atoms with Crippen LogP contribution in [0, 0.1) is 16.7 Å². The third-order valence-corrected chi connectivity index (χ3v) is 4.58. The van der Waals surface area contributed by atoms with E-state index in [1.165, 1.54) is 0 Å². The van der Waals surface area contributed by atoms with Crippen molar-refractivity contribution in [3.8, 4) is 0 Å². The summed E-state index contributed by atoms with van der Waals surface area (Å²) in [6.07, 6.45) is 0.784. The van der Waals surface area contributed by atoms with Gasteiger partial charge in [0.2, 0.25) is 5.91 Å². The van der Waals surface area contributed by atoms with Crippen molar-refractivity contribution in [3.63, 3.8) is 0 Å². The smallest absolute Gasteiger partial charge is 0.228 e. The molecule has 0 heterocycles. The number of carbonyl (C=O) groups is 1. The summed E-state index contributed by atoms with van der Waals surface area (Å²) in [5.41, 5.74) is -0.140. The third kappa shape index (κ3) is 1.97. The largest absolute Gasteiger partial charge is 0.359 e. The molecule has 0 radical (unpaired) electrons. The van der Waals surface area contributed by atoms with Crippen molar-refractivity contribution in [1.29, 1.82) is 0 Å². The standard InChI is InChI=1S/C13H25NO2/c1-7-8-16-10(3)14-11(15)13(6)9(2)12(13,4)5/h9-10H,7-8H2,1-6H3,(H,14,15). The molecule has 0 aliphatic heterocycles. The maximum absolute atomic E-state index is 12.1. The average molecular weight is 227 g/mol. The van der Waals surface area contributed by atoms with Crippen LogP contribution in [0.5, 0.6) is 0 Å². The highest BCUT2D eigenvalue weighted by atomic mass is 16.5. The van der Waals surface area contributed by atoms with Crippen LogP contribution in [0.25, 0.3) is 0 Å². The Balaban J connectivity index is 2.48. The minimum Gasteiger partial charge on any atom is -0.359 e. The van der Waals surface area contributed by atoms with Crippen molar-refractivity contribution >= 4 is 5.91 Å². The maximum atomic E-state index is 12.1. The van der Waals surface area contributed by atoms with Gasteiger partial charge in [-0.1, -0.05) is 27.7 Å². The normalized spacial score (nSPS) is 33.2. The SMILES string of the molecule is CCCOC(C)NC(=O)C1(C)C(C)C1(C)C. The molecule has 3 atom stereocenters. The van der Waals surface area contributed by atoms with E-state index in [1.807, 2.05) is 13.8 Å². The zero-order chi connectivity index (χ0) is 12.6. The Hall–Kier alpha value is -0.570. The summed E-state index contributed by atoms with van der Waals surface area (Å²) in [6.45, 7) is 13.1. The molecule has 0 aromatic rings. The van der Waals surface area contributed by atoms with Gasteiger partial charge in [0.15, 0.2) is 0 Å². The first-order chi connectivity index (χ1) is 7.28. The van der Waals surface area contributed by atoms with E-state index >= 15 is 0 Å². The molecule has 0 aromatic carbocycles. The molecule has 1 aliphatic carbocycles. The molecule has 0 saturated heterocycles. The second-order valence-electron chi connectivity index (χ2n) is 5.63. The van der Waals surface area contributed by atoms with Crippen LogP contribution in [-0.4, -0.2) is 18.7 Å². The van der Waals surface area contributed by atoms with Crippen LogP contribution < -0.4 is 5.32 Å². The van der Waals surface area contributed by atoms with Gasteiger partial charge < -0.3 is 10.1 Å². The molecule has 94 valence electrons. The second kappa shape index (κ2) is 4.36. The lowest BCUT2D eigenvalue weighted by atomic mass is 9.97. The summed E-state index contributed by atoms with van der Waals surface area (Å²) in [4.78, 5) is 12.1. The molecule has 3 nitrogen and oxygen atoms in total. The lowest BCUT2D eigenvalue weighted by Crippen LogP contribution is -2.40. The zero-order valence-electron chi connectivity index (χ0n) is 11.4. The molecule has 0 bridgehead atoms. The molecule has 3 heteroatoms. The Morgan fingerprint density at radius 1 is 1.44 bits per heavy atom. The van der Waals surface area contributed by atoms with E-state index in [2.05, 4.69) is 33.0 Å². The van der Waals surface area contributed by atoms with Gasteiger partial charge >= 0.3 is 0 Å². The van der Waals surface area contributed by atoms with Crippen molar-refractivity contribution in [2.24, 2.45) is 16.7 Å². The molecule has 1 aliphatic rings. The number of rotatable bonds is 5. The van der Waals surface area contributed by atoms with E-state index in [4.69, 9.17) is 4.74 Å². The first kappa shape index (κ1) is 13.5. The number of carbonyl (C=O) groups excluding carboxylic acids is 1. The fourth-order valence-electron chi connectivity index (χ4n) is 2.43. The minimum atomic E-state index is -0.239. The summed E-state index contributed by atoms with van der Waals surface area (Å²) in [5.74, 6) is 0.548. The Morgan fingerprint density at radius 2 is 1.94 bits per heavy atom. The van der Waals surface area contributed by atoms with E-state index < -0.39 is 0 Å². The maximum Gasteiger partial charge on any atom is 0.228 e. The van der Waals surface area contributed by atoms with Gasteiger partial charge in [-0.15, -0.1) is 0 Å². The molecule has 0 aromatic heterocycles. The predicted octanol–water partition coefficient (Wildman–Crippen LogP) is 2.56. The summed E-state index contributed by atoms with van der Waals surface area (Å²) in [7, 11) is 0. The van der Waals surface area contributed by atoms with Crippen LogP contribution in [0.3, 0.4) is 0 Å². The van der Waals surface area contributed by atoms with Gasteiger partial charge in [-0.3, -0.25) is 4.79 Å². The topological polar surface area (TPSA) is 38.3 Å². The van der Waals surface area contributed by atoms with Gasteiger partial charge in [0, 0.05) is 6.61 Å². The quantitative estimate of drug-likeness (QED) is 0.733. The van der Waals surface area contributed by atoms with Crippen LogP contribution >= 0.6 is 0 Å². The molecule has 1 rings (SSSR count). The highest BCUT2D eigenvalue weighted by molar-refractivity contribution is 5.87. The number of nitrogens with one attached hydrogen (secondary N) is 1. The number of amides is 1. The van der Waals surface area contributed by atoms with Gasteiger partial charge in [-0.05, 0) is 31.6 Å². The summed E-state index contributed by atoms with van der Waals surface area (Å²) < 4.78 is 5.46. The Kier molecular flexibility index (Phi) is 3.68. The second-order valence-corrected chi connectivity index (χ2v) is 5.63. The molecule has 3 unspecified atom stereocenters. The van der Waals surface area contributed by atoms with Crippen LogP contribution in [0.2, 0.25) is 0 Å². The van der Waals surface area contributed by atoms with Crippen molar-refractivity contribution in [2.75, 3.05) is 6.61 Å². The lowest BCUT2D eigenvalue weighted by Gasteiger charge is -2.19. The first-order valence-corrected chi connectivity index (χ1v) is 6.21. The van der Waals surface area contributed by atoms with Gasteiger partial charge in [-0.25, -0.2) is 0 Å². The molecule has 1 saturated carbocycles. The van der Waals surface area contributed by atoms with Gasteiger partial charge in [0.1, 0.15) is 6.23 Å². The molecule has 16 heavy (non-hydrogen) atoms. The molecule has 1 fully saturated rings. The summed E-state index contributed by atoms with van der Waals surface area (Å²) in [6, 6.07) is 0. The summed E-state index contributed by atoms with van der Waals surface area (Å²) >= 11 is 0. The van der Waals surface area contributed by atoms with Crippen molar-refractivity contribution in [2.45, 2.75) is 54.2 Å². The highest BCUT2D eigenvalue weighted by Gasteiger charge is 2.69.